The van der Waals surface area contributed by atoms with Gasteiger partial charge < -0.3 is 10.1 Å². The molecule has 3 rings (SSSR count). The van der Waals surface area contributed by atoms with Crippen LogP contribution in [0.3, 0.4) is 0 Å². The van der Waals surface area contributed by atoms with E-state index in [-0.39, 0.29) is 16.8 Å². The average molecular weight is 403 g/mol. The van der Waals surface area contributed by atoms with Gasteiger partial charge in [-0.1, -0.05) is 49.7 Å². The number of rotatable bonds is 7. The van der Waals surface area contributed by atoms with Crippen molar-refractivity contribution in [2.24, 2.45) is 0 Å². The summed E-state index contributed by atoms with van der Waals surface area (Å²) in [6.45, 7) is 3.48. The van der Waals surface area contributed by atoms with Gasteiger partial charge in [-0.2, -0.15) is 4.31 Å². The fourth-order valence-corrected chi connectivity index (χ4v) is 4.73. The van der Waals surface area contributed by atoms with Crippen molar-refractivity contribution in [3.05, 3.63) is 65.7 Å². The molecule has 1 atom stereocenters. The topological polar surface area (TPSA) is 75.7 Å². The molecule has 1 amide bonds. The molecular formula is C21H26N2O4S. The third-order valence-corrected chi connectivity index (χ3v) is 6.68. The van der Waals surface area contributed by atoms with Gasteiger partial charge in [-0.15, -0.1) is 0 Å². The molecule has 150 valence electrons. The second kappa shape index (κ2) is 9.32. The van der Waals surface area contributed by atoms with Crippen molar-refractivity contribution in [2.75, 3.05) is 26.3 Å². The minimum Gasteiger partial charge on any atom is -0.379 e. The number of hydrogen-bond acceptors (Lipinski definition) is 4. The van der Waals surface area contributed by atoms with Crippen molar-refractivity contribution in [1.29, 1.82) is 0 Å². The summed E-state index contributed by atoms with van der Waals surface area (Å²) in [6.07, 6.45) is 1.73. The highest BCUT2D eigenvalue weighted by Crippen LogP contribution is 2.21. The summed E-state index contributed by atoms with van der Waals surface area (Å²) in [5, 5.41) is 3.04. The van der Waals surface area contributed by atoms with Crippen LogP contribution in [0.1, 0.15) is 41.7 Å². The molecular weight excluding hydrogens is 376 g/mol. The molecule has 0 radical (unpaired) electrons. The zero-order valence-corrected chi connectivity index (χ0v) is 16.8. The zero-order valence-electron chi connectivity index (χ0n) is 16.0. The summed E-state index contributed by atoms with van der Waals surface area (Å²) in [5.41, 5.74) is 1.38. The van der Waals surface area contributed by atoms with Crippen LogP contribution in [0.2, 0.25) is 0 Å². The van der Waals surface area contributed by atoms with Gasteiger partial charge >= 0.3 is 0 Å². The first-order chi connectivity index (χ1) is 13.5. The summed E-state index contributed by atoms with van der Waals surface area (Å²) in [7, 11) is -3.64. The summed E-state index contributed by atoms with van der Waals surface area (Å²) in [4.78, 5) is 13.0. The van der Waals surface area contributed by atoms with Gasteiger partial charge in [0.1, 0.15) is 0 Å². The number of carbonyl (C=O) groups excluding carboxylic acids is 1. The highest BCUT2D eigenvalue weighted by molar-refractivity contribution is 7.89. The molecule has 1 fully saturated rings. The average Bonchev–Trinajstić information content (AvgIpc) is 2.74. The van der Waals surface area contributed by atoms with Crippen molar-refractivity contribution in [3.63, 3.8) is 0 Å². The number of hydrogen-bond donors (Lipinski definition) is 1. The summed E-state index contributed by atoms with van der Waals surface area (Å²) in [6, 6.07) is 15.9. The third kappa shape index (κ3) is 4.79. The van der Waals surface area contributed by atoms with Crippen LogP contribution in [-0.4, -0.2) is 44.9 Å². The molecule has 7 heteroatoms. The van der Waals surface area contributed by atoms with Crippen LogP contribution in [0.4, 0.5) is 0 Å². The molecule has 28 heavy (non-hydrogen) atoms. The van der Waals surface area contributed by atoms with Gasteiger partial charge in [-0.3, -0.25) is 4.79 Å². The van der Waals surface area contributed by atoms with Crippen molar-refractivity contribution < 1.29 is 17.9 Å². The lowest BCUT2D eigenvalue weighted by atomic mass is 10.0. The lowest BCUT2D eigenvalue weighted by Crippen LogP contribution is -2.40. The van der Waals surface area contributed by atoms with Gasteiger partial charge in [-0.05, 0) is 30.2 Å². The molecule has 2 aromatic carbocycles. The van der Waals surface area contributed by atoms with Crippen molar-refractivity contribution in [2.45, 2.75) is 30.7 Å². The fourth-order valence-electron chi connectivity index (χ4n) is 3.27. The molecule has 1 aliphatic rings. The van der Waals surface area contributed by atoms with Crippen LogP contribution < -0.4 is 5.32 Å². The van der Waals surface area contributed by atoms with Gasteiger partial charge in [-0.25, -0.2) is 8.42 Å². The number of nitrogens with one attached hydrogen (secondary N) is 1. The van der Waals surface area contributed by atoms with E-state index in [0.717, 1.165) is 18.4 Å². The first-order valence-electron chi connectivity index (χ1n) is 9.56. The van der Waals surface area contributed by atoms with Crippen LogP contribution in [0, 0.1) is 0 Å². The first kappa shape index (κ1) is 20.5. The molecule has 1 N–H and O–H groups in total. The predicted molar refractivity (Wildman–Crippen MR) is 108 cm³/mol. The Morgan fingerprint density at radius 2 is 1.82 bits per heavy atom. The minimum absolute atomic E-state index is 0.113. The summed E-state index contributed by atoms with van der Waals surface area (Å²) < 4.78 is 32.3. The van der Waals surface area contributed by atoms with E-state index in [0.29, 0.717) is 31.9 Å². The standard InChI is InChI=1S/C21H26N2O4S/c1-2-7-20(17-8-4-3-5-9-17)22-21(24)18-10-6-11-19(16-18)28(25,26)23-12-14-27-15-13-23/h3-6,8-11,16,20H,2,7,12-15H2,1H3,(H,22,24)/t20-/m0/s1. The highest BCUT2D eigenvalue weighted by atomic mass is 32.2. The van der Waals surface area contributed by atoms with Gasteiger partial charge in [0.25, 0.3) is 5.91 Å². The molecule has 0 unspecified atom stereocenters. The lowest BCUT2D eigenvalue weighted by molar-refractivity contribution is 0.0730. The largest absolute Gasteiger partial charge is 0.379 e. The van der Waals surface area contributed by atoms with Crippen LogP contribution >= 0.6 is 0 Å². The number of benzene rings is 2. The lowest BCUT2D eigenvalue weighted by Gasteiger charge is -2.26. The van der Waals surface area contributed by atoms with E-state index in [4.69, 9.17) is 4.74 Å². The van der Waals surface area contributed by atoms with Gasteiger partial charge in [0, 0.05) is 18.7 Å². The van der Waals surface area contributed by atoms with Crippen LogP contribution in [0.25, 0.3) is 0 Å². The third-order valence-electron chi connectivity index (χ3n) is 4.79. The summed E-state index contributed by atoms with van der Waals surface area (Å²) >= 11 is 0. The van der Waals surface area contributed by atoms with Crippen molar-refractivity contribution >= 4 is 15.9 Å². The molecule has 0 spiro atoms. The monoisotopic (exact) mass is 402 g/mol. The van der Waals surface area contributed by atoms with Gasteiger partial charge in [0.05, 0.1) is 24.2 Å². The molecule has 6 nitrogen and oxygen atoms in total. The molecule has 1 heterocycles. The van der Waals surface area contributed by atoms with E-state index in [2.05, 4.69) is 12.2 Å². The molecule has 0 bridgehead atoms. The first-order valence-corrected chi connectivity index (χ1v) is 11.0. The second-order valence-electron chi connectivity index (χ2n) is 6.77. The number of sulfonamides is 1. The SMILES string of the molecule is CCC[C@H](NC(=O)c1cccc(S(=O)(=O)N2CCOCC2)c1)c1ccccc1. The van der Waals surface area contributed by atoms with Crippen LogP contribution in [0.5, 0.6) is 0 Å². The number of amides is 1. The van der Waals surface area contributed by atoms with E-state index in [1.165, 1.54) is 16.4 Å². The quantitative estimate of drug-likeness (QED) is 0.773. The van der Waals surface area contributed by atoms with Crippen LogP contribution in [-0.2, 0) is 14.8 Å². The molecule has 0 aromatic heterocycles. The number of ether oxygens (including phenoxy) is 1. The van der Waals surface area contributed by atoms with E-state index in [1.807, 2.05) is 30.3 Å². The molecule has 1 aliphatic heterocycles. The van der Waals surface area contributed by atoms with Crippen LogP contribution in [0.15, 0.2) is 59.5 Å². The normalized spacial score (nSPS) is 16.5. The van der Waals surface area contributed by atoms with Gasteiger partial charge in [0.2, 0.25) is 10.0 Å². The Kier molecular flexibility index (Phi) is 6.83. The number of nitrogens with zero attached hydrogens (tertiary/aromatic N) is 1. The number of carbonyl (C=O) groups is 1. The van der Waals surface area contributed by atoms with E-state index in [1.54, 1.807) is 12.1 Å². The van der Waals surface area contributed by atoms with Gasteiger partial charge in [0.15, 0.2) is 0 Å². The number of morpholine rings is 1. The van der Waals surface area contributed by atoms with E-state index in [9.17, 15) is 13.2 Å². The predicted octanol–water partition coefficient (Wildman–Crippen LogP) is 2.98. The Balaban J connectivity index is 1.79. The van der Waals surface area contributed by atoms with E-state index >= 15 is 0 Å². The maximum absolute atomic E-state index is 12.8. The highest BCUT2D eigenvalue weighted by Gasteiger charge is 2.27. The Bertz CT molecular complexity index is 894. The maximum Gasteiger partial charge on any atom is 0.251 e. The fraction of sp³-hybridized carbons (Fsp3) is 0.381. The zero-order chi connectivity index (χ0) is 20.0. The molecule has 1 saturated heterocycles. The van der Waals surface area contributed by atoms with Crippen molar-refractivity contribution in [3.8, 4) is 0 Å². The molecule has 0 aliphatic carbocycles. The summed E-state index contributed by atoms with van der Waals surface area (Å²) in [5.74, 6) is -0.277. The Hall–Kier alpha value is -2.22. The van der Waals surface area contributed by atoms with Crippen molar-refractivity contribution in [1.82, 2.24) is 9.62 Å². The maximum atomic E-state index is 12.8. The second-order valence-corrected chi connectivity index (χ2v) is 8.71. The Morgan fingerprint density at radius 3 is 2.50 bits per heavy atom. The Labute approximate surface area is 166 Å². The van der Waals surface area contributed by atoms with E-state index < -0.39 is 10.0 Å². The minimum atomic E-state index is -3.64. The molecule has 2 aromatic rings. The molecule has 0 saturated carbocycles. The Morgan fingerprint density at radius 1 is 1.11 bits per heavy atom. The smallest absolute Gasteiger partial charge is 0.251 e.